The zero-order valence-electron chi connectivity index (χ0n) is 9.47. The van der Waals surface area contributed by atoms with Gasteiger partial charge in [-0.1, -0.05) is 19.1 Å². The third-order valence-corrected chi connectivity index (χ3v) is 3.21. The van der Waals surface area contributed by atoms with Gasteiger partial charge in [0.15, 0.2) is 0 Å². The van der Waals surface area contributed by atoms with E-state index in [1.807, 2.05) is 24.3 Å². The zero-order valence-corrected chi connectivity index (χ0v) is 10.3. The number of aliphatic hydroxyl groups excluding tert-OH is 2. The second kappa shape index (κ2) is 6.91. The van der Waals surface area contributed by atoms with E-state index in [1.54, 1.807) is 11.8 Å². The Bertz CT molecular complexity index is 320. The fourth-order valence-electron chi connectivity index (χ4n) is 1.51. The van der Waals surface area contributed by atoms with Crippen molar-refractivity contribution in [1.29, 1.82) is 0 Å². The molecular formula is C12H19NO2S. The van der Waals surface area contributed by atoms with Crippen molar-refractivity contribution in [3.05, 3.63) is 29.8 Å². The molecule has 4 heteroatoms. The molecule has 4 N–H and O–H groups in total. The predicted molar refractivity (Wildman–Crippen MR) is 67.5 cm³/mol. The van der Waals surface area contributed by atoms with Gasteiger partial charge in [0.2, 0.25) is 0 Å². The van der Waals surface area contributed by atoms with E-state index in [1.165, 1.54) is 0 Å². The van der Waals surface area contributed by atoms with Crippen LogP contribution in [0.2, 0.25) is 0 Å². The van der Waals surface area contributed by atoms with Crippen molar-refractivity contribution in [2.24, 2.45) is 5.73 Å². The highest BCUT2D eigenvalue weighted by atomic mass is 32.2. The number of thioether (sulfide) groups is 1. The summed E-state index contributed by atoms with van der Waals surface area (Å²) in [6.45, 7) is 2.46. The quantitative estimate of drug-likeness (QED) is 0.661. The van der Waals surface area contributed by atoms with Gasteiger partial charge in [0.25, 0.3) is 0 Å². The standard InChI is InChI=1S/C12H19NO2S/c1-2-16-10-5-3-4-9(8-10)12(15)11(14)6-7-13/h3-5,8,11-12,14-15H,2,6-7,13H2,1H3. The van der Waals surface area contributed by atoms with Gasteiger partial charge in [-0.05, 0) is 36.4 Å². The molecule has 0 radical (unpaired) electrons. The van der Waals surface area contributed by atoms with Crippen molar-refractivity contribution >= 4 is 11.8 Å². The Morgan fingerprint density at radius 2 is 2.12 bits per heavy atom. The highest BCUT2D eigenvalue weighted by molar-refractivity contribution is 7.99. The van der Waals surface area contributed by atoms with Crippen LogP contribution in [0.25, 0.3) is 0 Å². The SMILES string of the molecule is CCSc1cccc(C(O)C(O)CCN)c1. The minimum absolute atomic E-state index is 0.377. The molecule has 0 aliphatic rings. The van der Waals surface area contributed by atoms with Gasteiger partial charge in [-0.15, -0.1) is 11.8 Å². The van der Waals surface area contributed by atoms with Crippen molar-refractivity contribution in [3.63, 3.8) is 0 Å². The molecule has 2 atom stereocenters. The second-order valence-corrected chi connectivity index (χ2v) is 4.93. The van der Waals surface area contributed by atoms with Gasteiger partial charge in [-0.25, -0.2) is 0 Å². The maximum Gasteiger partial charge on any atom is 0.105 e. The highest BCUT2D eigenvalue weighted by Gasteiger charge is 2.17. The second-order valence-electron chi connectivity index (χ2n) is 3.60. The van der Waals surface area contributed by atoms with Gasteiger partial charge < -0.3 is 15.9 Å². The normalized spacial score (nSPS) is 14.8. The van der Waals surface area contributed by atoms with E-state index < -0.39 is 12.2 Å². The summed E-state index contributed by atoms with van der Waals surface area (Å²) in [6.07, 6.45) is -1.22. The molecular weight excluding hydrogens is 222 g/mol. The molecule has 0 heterocycles. The Kier molecular flexibility index (Phi) is 5.84. The largest absolute Gasteiger partial charge is 0.390 e. The lowest BCUT2D eigenvalue weighted by molar-refractivity contribution is 0.0149. The molecule has 16 heavy (non-hydrogen) atoms. The number of aliphatic hydroxyl groups is 2. The van der Waals surface area contributed by atoms with Crippen LogP contribution in [0.15, 0.2) is 29.2 Å². The van der Waals surface area contributed by atoms with Crippen LogP contribution in [0.1, 0.15) is 25.0 Å². The lowest BCUT2D eigenvalue weighted by Crippen LogP contribution is -2.21. The molecule has 3 nitrogen and oxygen atoms in total. The Morgan fingerprint density at radius 3 is 2.75 bits per heavy atom. The Balaban J connectivity index is 2.74. The van der Waals surface area contributed by atoms with Crippen LogP contribution < -0.4 is 5.73 Å². The van der Waals surface area contributed by atoms with E-state index in [2.05, 4.69) is 6.92 Å². The topological polar surface area (TPSA) is 66.5 Å². The van der Waals surface area contributed by atoms with E-state index in [0.29, 0.717) is 13.0 Å². The lowest BCUT2D eigenvalue weighted by Gasteiger charge is -2.17. The molecule has 0 aliphatic heterocycles. The summed E-state index contributed by atoms with van der Waals surface area (Å²) in [4.78, 5) is 1.11. The van der Waals surface area contributed by atoms with E-state index in [-0.39, 0.29) is 0 Å². The summed E-state index contributed by atoms with van der Waals surface area (Å²) in [5.74, 6) is 0.991. The Labute approximate surface area is 101 Å². The molecule has 1 aromatic rings. The number of nitrogens with two attached hydrogens (primary N) is 1. The van der Waals surface area contributed by atoms with Gasteiger partial charge in [0.05, 0.1) is 6.10 Å². The summed E-state index contributed by atoms with van der Waals surface area (Å²) >= 11 is 1.71. The smallest absolute Gasteiger partial charge is 0.105 e. The van der Waals surface area contributed by atoms with Gasteiger partial charge in [-0.3, -0.25) is 0 Å². The minimum atomic E-state index is -0.846. The molecule has 2 unspecified atom stereocenters. The number of benzene rings is 1. The van der Waals surface area contributed by atoms with Crippen LogP contribution in [-0.2, 0) is 0 Å². The maximum absolute atomic E-state index is 9.90. The third-order valence-electron chi connectivity index (χ3n) is 2.34. The maximum atomic E-state index is 9.90. The first-order valence-corrected chi connectivity index (χ1v) is 6.46. The first-order valence-electron chi connectivity index (χ1n) is 5.48. The summed E-state index contributed by atoms with van der Waals surface area (Å²) in [5.41, 5.74) is 6.10. The van der Waals surface area contributed by atoms with Gasteiger partial charge in [0, 0.05) is 4.90 Å². The average molecular weight is 241 g/mol. The number of rotatable bonds is 6. The summed E-state index contributed by atoms with van der Waals surface area (Å²) in [6, 6.07) is 7.63. The Hall–Kier alpha value is -0.550. The summed E-state index contributed by atoms with van der Waals surface area (Å²) < 4.78 is 0. The molecule has 0 aliphatic carbocycles. The van der Waals surface area contributed by atoms with E-state index >= 15 is 0 Å². The van der Waals surface area contributed by atoms with Gasteiger partial charge >= 0.3 is 0 Å². The Morgan fingerprint density at radius 1 is 1.38 bits per heavy atom. The van der Waals surface area contributed by atoms with Crippen LogP contribution in [0.3, 0.4) is 0 Å². The number of hydrogen-bond donors (Lipinski definition) is 3. The molecule has 0 spiro atoms. The average Bonchev–Trinajstić information content (AvgIpc) is 2.29. The highest BCUT2D eigenvalue weighted by Crippen LogP contribution is 2.24. The molecule has 0 amide bonds. The van der Waals surface area contributed by atoms with Crippen LogP contribution in [-0.4, -0.2) is 28.6 Å². The van der Waals surface area contributed by atoms with E-state index in [4.69, 9.17) is 5.73 Å². The van der Waals surface area contributed by atoms with Crippen molar-refractivity contribution in [3.8, 4) is 0 Å². The molecule has 1 rings (SSSR count). The van der Waals surface area contributed by atoms with Crippen molar-refractivity contribution < 1.29 is 10.2 Å². The molecule has 1 aromatic carbocycles. The molecule has 0 saturated carbocycles. The van der Waals surface area contributed by atoms with E-state index in [9.17, 15) is 10.2 Å². The molecule has 90 valence electrons. The zero-order chi connectivity index (χ0) is 12.0. The van der Waals surface area contributed by atoms with E-state index in [0.717, 1.165) is 16.2 Å². The van der Waals surface area contributed by atoms with Crippen molar-refractivity contribution in [2.75, 3.05) is 12.3 Å². The molecule has 0 aromatic heterocycles. The molecule has 0 bridgehead atoms. The summed E-state index contributed by atoms with van der Waals surface area (Å²) in [7, 11) is 0. The third kappa shape index (κ3) is 3.79. The van der Waals surface area contributed by atoms with Crippen molar-refractivity contribution in [2.45, 2.75) is 30.4 Å². The number of hydrogen-bond acceptors (Lipinski definition) is 4. The summed E-state index contributed by atoms with van der Waals surface area (Å²) in [5, 5.41) is 19.6. The fourth-order valence-corrected chi connectivity index (χ4v) is 2.23. The van der Waals surface area contributed by atoms with Crippen LogP contribution in [0, 0.1) is 0 Å². The van der Waals surface area contributed by atoms with Gasteiger partial charge in [-0.2, -0.15) is 0 Å². The van der Waals surface area contributed by atoms with Crippen LogP contribution >= 0.6 is 11.8 Å². The first-order chi connectivity index (χ1) is 7.69. The fraction of sp³-hybridized carbons (Fsp3) is 0.500. The molecule has 0 saturated heterocycles. The van der Waals surface area contributed by atoms with Crippen LogP contribution in [0.4, 0.5) is 0 Å². The predicted octanol–water partition coefficient (Wildman–Crippen LogP) is 1.54. The van der Waals surface area contributed by atoms with Crippen LogP contribution in [0.5, 0.6) is 0 Å². The first kappa shape index (κ1) is 13.5. The molecule has 0 fully saturated rings. The minimum Gasteiger partial charge on any atom is -0.390 e. The monoisotopic (exact) mass is 241 g/mol. The lowest BCUT2D eigenvalue weighted by atomic mass is 10.0. The van der Waals surface area contributed by atoms with Crippen molar-refractivity contribution in [1.82, 2.24) is 0 Å². The van der Waals surface area contributed by atoms with Gasteiger partial charge in [0.1, 0.15) is 6.10 Å².